The predicted octanol–water partition coefficient (Wildman–Crippen LogP) is 1.51. The van der Waals surface area contributed by atoms with Gasteiger partial charge in [0, 0.05) is 29.9 Å². The number of rotatable bonds is 8. The van der Waals surface area contributed by atoms with Crippen LogP contribution in [0, 0.1) is 5.92 Å². The van der Waals surface area contributed by atoms with Gasteiger partial charge in [-0.3, -0.25) is 4.79 Å². The smallest absolute Gasteiger partial charge is 0.134 e. The summed E-state index contributed by atoms with van der Waals surface area (Å²) in [5, 5.41) is 3.14. The van der Waals surface area contributed by atoms with Crippen molar-refractivity contribution in [3.8, 4) is 0 Å². The summed E-state index contributed by atoms with van der Waals surface area (Å²) in [5.41, 5.74) is 0. The summed E-state index contributed by atoms with van der Waals surface area (Å²) < 4.78 is 0. The summed E-state index contributed by atoms with van der Waals surface area (Å²) in [4.78, 5) is 22.2. The van der Waals surface area contributed by atoms with Crippen molar-refractivity contribution in [1.29, 1.82) is 0 Å². The number of nitrogens with one attached hydrogen (secondary N) is 1. The van der Waals surface area contributed by atoms with E-state index in [1.165, 1.54) is 6.92 Å². The van der Waals surface area contributed by atoms with Crippen LogP contribution in [0.1, 0.15) is 27.2 Å². The number of hydrogen-bond donors (Lipinski definition) is 1. The summed E-state index contributed by atoms with van der Waals surface area (Å²) in [6, 6.07) is 0.444. The molecule has 2 atom stereocenters. The molecule has 3 nitrogen and oxygen atoms in total. The molecule has 0 aromatic rings. The first-order valence-electron chi connectivity index (χ1n) is 5.22. The minimum Gasteiger partial charge on any atom is -0.316 e. The molecule has 0 heterocycles. The zero-order valence-electron chi connectivity index (χ0n) is 10.0. The summed E-state index contributed by atoms with van der Waals surface area (Å²) in [6.45, 7) is 5.20. The molecule has 0 aliphatic carbocycles. The molecule has 0 saturated heterocycles. The third-order valence-corrected chi connectivity index (χ3v) is 3.66. The lowest BCUT2D eigenvalue weighted by atomic mass is 10.0. The normalized spacial score (nSPS) is 14.7. The molecule has 0 aromatic heterocycles. The largest absolute Gasteiger partial charge is 0.316 e. The lowest BCUT2D eigenvalue weighted by Gasteiger charge is -2.14. The van der Waals surface area contributed by atoms with Crippen LogP contribution >= 0.6 is 11.8 Å². The Morgan fingerprint density at radius 3 is 2.27 bits per heavy atom. The Hall–Kier alpha value is -0.350. The van der Waals surface area contributed by atoms with Gasteiger partial charge >= 0.3 is 0 Å². The Morgan fingerprint density at radius 1 is 1.27 bits per heavy atom. The van der Waals surface area contributed by atoms with Crippen molar-refractivity contribution in [3.05, 3.63) is 0 Å². The van der Waals surface area contributed by atoms with E-state index in [0.29, 0.717) is 12.5 Å². The van der Waals surface area contributed by atoms with E-state index in [2.05, 4.69) is 12.2 Å². The van der Waals surface area contributed by atoms with Crippen molar-refractivity contribution in [2.24, 2.45) is 5.92 Å². The Bertz CT molecular complexity index is 219. The zero-order valence-corrected chi connectivity index (χ0v) is 10.8. The first-order chi connectivity index (χ1) is 6.97. The van der Waals surface area contributed by atoms with Gasteiger partial charge < -0.3 is 10.1 Å². The third kappa shape index (κ3) is 7.56. The van der Waals surface area contributed by atoms with E-state index in [4.69, 9.17) is 0 Å². The summed E-state index contributed by atoms with van der Waals surface area (Å²) in [6.07, 6.45) is 0.385. The summed E-state index contributed by atoms with van der Waals surface area (Å²) in [5.74, 6) is 1.84. The van der Waals surface area contributed by atoms with Gasteiger partial charge in [0.15, 0.2) is 0 Å². The minimum atomic E-state index is -0.100. The Labute approximate surface area is 96.4 Å². The molecule has 15 heavy (non-hydrogen) atoms. The first-order valence-corrected chi connectivity index (χ1v) is 6.37. The predicted molar refractivity (Wildman–Crippen MR) is 65.3 cm³/mol. The first kappa shape index (κ1) is 14.6. The maximum atomic E-state index is 11.2. The van der Waals surface area contributed by atoms with Crippen LogP contribution in [0.4, 0.5) is 0 Å². The van der Waals surface area contributed by atoms with Crippen molar-refractivity contribution in [2.45, 2.75) is 33.2 Å². The molecule has 0 saturated carbocycles. The SMILES string of the molecule is CNC(C)CSCC(CC(C)=O)C(C)=O. The van der Waals surface area contributed by atoms with Gasteiger partial charge in [0.25, 0.3) is 0 Å². The molecule has 0 fully saturated rings. The highest BCUT2D eigenvalue weighted by Crippen LogP contribution is 2.14. The van der Waals surface area contributed by atoms with Gasteiger partial charge in [-0.05, 0) is 27.8 Å². The maximum Gasteiger partial charge on any atom is 0.134 e. The fourth-order valence-corrected chi connectivity index (χ4v) is 2.43. The number of carbonyl (C=O) groups excluding carboxylic acids is 2. The second kappa shape index (κ2) is 7.88. The second-order valence-electron chi connectivity index (χ2n) is 3.94. The van der Waals surface area contributed by atoms with Crippen LogP contribution in [-0.2, 0) is 9.59 Å². The molecular weight excluding hydrogens is 210 g/mol. The fraction of sp³-hybridized carbons (Fsp3) is 0.818. The molecule has 1 N–H and O–H groups in total. The molecule has 0 rings (SSSR count). The van der Waals surface area contributed by atoms with Crippen molar-refractivity contribution >= 4 is 23.3 Å². The second-order valence-corrected chi connectivity index (χ2v) is 5.02. The van der Waals surface area contributed by atoms with E-state index >= 15 is 0 Å². The van der Waals surface area contributed by atoms with E-state index in [-0.39, 0.29) is 17.5 Å². The van der Waals surface area contributed by atoms with Crippen LogP contribution in [-0.4, -0.2) is 36.2 Å². The topological polar surface area (TPSA) is 46.2 Å². The van der Waals surface area contributed by atoms with Gasteiger partial charge in [-0.1, -0.05) is 0 Å². The van der Waals surface area contributed by atoms with E-state index in [1.807, 2.05) is 7.05 Å². The van der Waals surface area contributed by atoms with Crippen LogP contribution in [0.25, 0.3) is 0 Å². The quantitative estimate of drug-likeness (QED) is 0.688. The maximum absolute atomic E-state index is 11.2. The Morgan fingerprint density at radius 2 is 1.87 bits per heavy atom. The van der Waals surface area contributed by atoms with E-state index in [0.717, 1.165) is 11.5 Å². The number of ketones is 2. The fourth-order valence-electron chi connectivity index (χ4n) is 1.14. The van der Waals surface area contributed by atoms with Gasteiger partial charge in [-0.25, -0.2) is 0 Å². The summed E-state index contributed by atoms with van der Waals surface area (Å²) in [7, 11) is 1.92. The molecule has 0 aliphatic rings. The number of carbonyl (C=O) groups is 2. The molecule has 0 radical (unpaired) electrons. The molecule has 0 spiro atoms. The Kier molecular flexibility index (Phi) is 7.70. The number of hydrogen-bond acceptors (Lipinski definition) is 4. The molecule has 4 heteroatoms. The zero-order chi connectivity index (χ0) is 11.8. The van der Waals surface area contributed by atoms with Gasteiger partial charge in [0.2, 0.25) is 0 Å². The van der Waals surface area contributed by atoms with Crippen molar-refractivity contribution in [1.82, 2.24) is 5.32 Å². The standard InChI is InChI=1S/C11H21NO2S/c1-8(12-4)6-15-7-11(10(3)14)5-9(2)13/h8,11-12H,5-7H2,1-4H3. The van der Waals surface area contributed by atoms with E-state index in [9.17, 15) is 9.59 Å². The molecular formula is C11H21NO2S. The third-order valence-electron chi connectivity index (χ3n) is 2.29. The monoisotopic (exact) mass is 231 g/mol. The molecule has 0 bridgehead atoms. The highest BCUT2D eigenvalue weighted by atomic mass is 32.2. The highest BCUT2D eigenvalue weighted by Gasteiger charge is 2.16. The average molecular weight is 231 g/mol. The number of Topliss-reactive ketones (excluding diaryl/α,β-unsaturated/α-hetero) is 2. The van der Waals surface area contributed by atoms with Crippen molar-refractivity contribution in [3.63, 3.8) is 0 Å². The van der Waals surface area contributed by atoms with E-state index in [1.54, 1.807) is 18.7 Å². The van der Waals surface area contributed by atoms with Crippen LogP contribution in [0.2, 0.25) is 0 Å². The minimum absolute atomic E-state index is 0.0949. The van der Waals surface area contributed by atoms with Crippen molar-refractivity contribution in [2.75, 3.05) is 18.6 Å². The van der Waals surface area contributed by atoms with Gasteiger partial charge in [0.05, 0.1) is 0 Å². The lowest BCUT2D eigenvalue weighted by Crippen LogP contribution is -2.25. The van der Waals surface area contributed by atoms with Crippen LogP contribution in [0.5, 0.6) is 0 Å². The highest BCUT2D eigenvalue weighted by molar-refractivity contribution is 7.99. The van der Waals surface area contributed by atoms with Gasteiger partial charge in [0.1, 0.15) is 11.6 Å². The van der Waals surface area contributed by atoms with Crippen LogP contribution < -0.4 is 5.32 Å². The van der Waals surface area contributed by atoms with Crippen LogP contribution in [0.3, 0.4) is 0 Å². The van der Waals surface area contributed by atoms with Crippen molar-refractivity contribution < 1.29 is 9.59 Å². The molecule has 0 aromatic carbocycles. The Balaban J connectivity index is 3.86. The van der Waals surface area contributed by atoms with E-state index < -0.39 is 0 Å². The lowest BCUT2D eigenvalue weighted by molar-refractivity contribution is -0.125. The molecule has 0 amide bonds. The number of thioether (sulfide) groups is 1. The summed E-state index contributed by atoms with van der Waals surface area (Å²) >= 11 is 1.73. The van der Waals surface area contributed by atoms with Gasteiger partial charge in [-0.15, -0.1) is 0 Å². The molecule has 2 unspecified atom stereocenters. The molecule has 88 valence electrons. The molecule has 0 aliphatic heterocycles. The van der Waals surface area contributed by atoms with Gasteiger partial charge in [-0.2, -0.15) is 11.8 Å². The average Bonchev–Trinajstić information content (AvgIpc) is 2.15. The van der Waals surface area contributed by atoms with Crippen LogP contribution in [0.15, 0.2) is 0 Å².